The molecule has 0 spiro atoms. The predicted molar refractivity (Wildman–Crippen MR) is 129 cm³/mol. The molecule has 166 valence electrons. The lowest BCUT2D eigenvalue weighted by Crippen LogP contribution is -2.39. The molecule has 2 heterocycles. The third kappa shape index (κ3) is 4.60. The summed E-state index contributed by atoms with van der Waals surface area (Å²) in [4.78, 5) is 22.0. The number of carbonyl (C=O) groups is 1. The van der Waals surface area contributed by atoms with Crippen LogP contribution in [0.15, 0.2) is 84.9 Å². The smallest absolute Gasteiger partial charge is 0.308 e. The van der Waals surface area contributed by atoms with E-state index in [1.54, 1.807) is 0 Å². The van der Waals surface area contributed by atoms with E-state index in [9.17, 15) is 9.90 Å². The van der Waals surface area contributed by atoms with Gasteiger partial charge in [0.05, 0.1) is 17.3 Å². The SMILES string of the molecule is O=C(O)[C@@H]1CCCN(c2nc(-c3ccccc3)c(-c3ccc(Oc4ccccc4)cc3)[nH]2)C1. The van der Waals surface area contributed by atoms with Gasteiger partial charge in [0.15, 0.2) is 0 Å². The molecule has 6 heteroatoms. The van der Waals surface area contributed by atoms with Crippen molar-refractivity contribution < 1.29 is 14.6 Å². The van der Waals surface area contributed by atoms with Gasteiger partial charge in [-0.2, -0.15) is 0 Å². The Bertz CT molecular complexity index is 1220. The zero-order valence-corrected chi connectivity index (χ0v) is 18.1. The van der Waals surface area contributed by atoms with Gasteiger partial charge in [0, 0.05) is 24.2 Å². The molecule has 1 saturated heterocycles. The van der Waals surface area contributed by atoms with E-state index < -0.39 is 5.97 Å². The normalized spacial score (nSPS) is 15.9. The molecule has 0 unspecified atom stereocenters. The van der Waals surface area contributed by atoms with Crippen molar-refractivity contribution in [1.29, 1.82) is 0 Å². The van der Waals surface area contributed by atoms with Crippen LogP contribution in [-0.4, -0.2) is 34.1 Å². The lowest BCUT2D eigenvalue weighted by molar-refractivity contribution is -0.141. The van der Waals surface area contributed by atoms with Crippen molar-refractivity contribution in [2.24, 2.45) is 5.92 Å². The average molecular weight is 440 g/mol. The van der Waals surface area contributed by atoms with Gasteiger partial charge in [-0.05, 0) is 49.2 Å². The maximum Gasteiger partial charge on any atom is 0.308 e. The number of para-hydroxylation sites is 1. The molecule has 1 atom stereocenters. The molecule has 0 saturated carbocycles. The molecule has 33 heavy (non-hydrogen) atoms. The number of nitrogens with one attached hydrogen (secondary N) is 1. The Kier molecular flexibility index (Phi) is 5.81. The van der Waals surface area contributed by atoms with Crippen LogP contribution in [0.25, 0.3) is 22.5 Å². The van der Waals surface area contributed by atoms with Gasteiger partial charge < -0.3 is 19.7 Å². The first kappa shape index (κ1) is 20.8. The molecule has 0 aliphatic carbocycles. The molecule has 1 aliphatic rings. The van der Waals surface area contributed by atoms with Crippen molar-refractivity contribution in [3.05, 3.63) is 84.9 Å². The largest absolute Gasteiger partial charge is 0.481 e. The van der Waals surface area contributed by atoms with Gasteiger partial charge in [0.25, 0.3) is 0 Å². The van der Waals surface area contributed by atoms with Gasteiger partial charge in [-0.25, -0.2) is 4.98 Å². The summed E-state index contributed by atoms with van der Waals surface area (Å²) in [7, 11) is 0. The number of benzene rings is 3. The van der Waals surface area contributed by atoms with E-state index in [0.29, 0.717) is 18.9 Å². The number of nitrogens with zero attached hydrogens (tertiary/aromatic N) is 2. The number of H-pyrrole nitrogens is 1. The molecule has 1 fully saturated rings. The molecule has 5 rings (SSSR count). The van der Waals surface area contributed by atoms with Crippen LogP contribution < -0.4 is 9.64 Å². The number of hydrogen-bond donors (Lipinski definition) is 2. The second kappa shape index (κ2) is 9.20. The minimum atomic E-state index is -0.747. The molecular formula is C27H25N3O3. The summed E-state index contributed by atoms with van der Waals surface area (Å²) in [5.41, 5.74) is 3.74. The molecular weight excluding hydrogens is 414 g/mol. The third-order valence-corrected chi connectivity index (χ3v) is 5.93. The highest BCUT2D eigenvalue weighted by atomic mass is 16.5. The summed E-state index contributed by atoms with van der Waals surface area (Å²) >= 11 is 0. The van der Waals surface area contributed by atoms with Crippen LogP contribution in [0.2, 0.25) is 0 Å². The van der Waals surface area contributed by atoms with Crippen LogP contribution in [0.3, 0.4) is 0 Å². The molecule has 4 aromatic rings. The Labute approximate surface area is 192 Å². The summed E-state index contributed by atoms with van der Waals surface area (Å²) in [5, 5.41) is 9.48. The molecule has 6 nitrogen and oxygen atoms in total. The lowest BCUT2D eigenvalue weighted by Gasteiger charge is -2.30. The van der Waals surface area contributed by atoms with Gasteiger partial charge in [0.2, 0.25) is 5.95 Å². The minimum absolute atomic E-state index is 0.373. The van der Waals surface area contributed by atoms with Crippen molar-refractivity contribution in [2.45, 2.75) is 12.8 Å². The van der Waals surface area contributed by atoms with Gasteiger partial charge in [0.1, 0.15) is 11.5 Å². The maximum atomic E-state index is 11.5. The van der Waals surface area contributed by atoms with Crippen LogP contribution in [0.1, 0.15) is 12.8 Å². The van der Waals surface area contributed by atoms with Crippen molar-refractivity contribution in [3.63, 3.8) is 0 Å². The molecule has 1 aliphatic heterocycles. The quantitative estimate of drug-likeness (QED) is 0.395. The van der Waals surface area contributed by atoms with E-state index in [0.717, 1.165) is 47.0 Å². The van der Waals surface area contributed by atoms with Crippen molar-refractivity contribution in [1.82, 2.24) is 9.97 Å². The first-order valence-corrected chi connectivity index (χ1v) is 11.1. The fourth-order valence-corrected chi connectivity index (χ4v) is 4.21. The van der Waals surface area contributed by atoms with Crippen molar-refractivity contribution in [3.8, 4) is 34.0 Å². The summed E-state index contributed by atoms with van der Waals surface area (Å²) in [6.45, 7) is 1.25. The molecule has 0 amide bonds. The number of carboxylic acid groups (broad SMARTS) is 1. The van der Waals surface area contributed by atoms with E-state index in [1.165, 1.54) is 0 Å². The summed E-state index contributed by atoms with van der Waals surface area (Å²) in [6.07, 6.45) is 1.53. The first-order chi connectivity index (χ1) is 16.2. The molecule has 2 N–H and O–H groups in total. The Morgan fingerprint density at radius 1 is 0.909 bits per heavy atom. The zero-order valence-electron chi connectivity index (χ0n) is 18.1. The second-order valence-corrected chi connectivity index (χ2v) is 8.21. The lowest BCUT2D eigenvalue weighted by atomic mass is 9.99. The maximum absolute atomic E-state index is 11.5. The molecule has 0 radical (unpaired) electrons. The van der Waals surface area contributed by atoms with Crippen molar-refractivity contribution in [2.75, 3.05) is 18.0 Å². The monoisotopic (exact) mass is 439 g/mol. The predicted octanol–water partition coefficient (Wildman–Crippen LogP) is 5.84. The van der Waals surface area contributed by atoms with Crippen LogP contribution >= 0.6 is 0 Å². The summed E-state index contributed by atoms with van der Waals surface area (Å²) < 4.78 is 5.93. The number of aromatic nitrogens is 2. The van der Waals surface area contributed by atoms with Gasteiger partial charge in [-0.1, -0.05) is 48.5 Å². The number of hydrogen-bond acceptors (Lipinski definition) is 4. The van der Waals surface area contributed by atoms with Crippen LogP contribution in [0.5, 0.6) is 11.5 Å². The van der Waals surface area contributed by atoms with E-state index in [4.69, 9.17) is 9.72 Å². The number of aliphatic carboxylic acids is 1. The van der Waals surface area contributed by atoms with Gasteiger partial charge >= 0.3 is 5.97 Å². The number of imidazole rings is 1. The number of rotatable bonds is 6. The highest BCUT2D eigenvalue weighted by molar-refractivity contribution is 5.80. The average Bonchev–Trinajstić information content (AvgIpc) is 3.31. The van der Waals surface area contributed by atoms with E-state index in [1.807, 2.05) is 89.8 Å². The zero-order chi connectivity index (χ0) is 22.6. The number of anilines is 1. The topological polar surface area (TPSA) is 78.4 Å². The third-order valence-electron chi connectivity index (χ3n) is 5.93. The summed E-state index contributed by atoms with van der Waals surface area (Å²) in [6, 6.07) is 27.6. The van der Waals surface area contributed by atoms with Crippen molar-refractivity contribution >= 4 is 11.9 Å². The minimum Gasteiger partial charge on any atom is -0.481 e. The van der Waals surface area contributed by atoms with Crippen LogP contribution in [0, 0.1) is 5.92 Å². The number of carboxylic acids is 1. The fourth-order valence-electron chi connectivity index (χ4n) is 4.21. The summed E-state index contributed by atoms with van der Waals surface area (Å²) in [5.74, 6) is 1.13. The Hall–Kier alpha value is -4.06. The number of aromatic amines is 1. The first-order valence-electron chi connectivity index (χ1n) is 11.1. The van der Waals surface area contributed by atoms with E-state index in [2.05, 4.69) is 4.98 Å². The molecule has 0 bridgehead atoms. The fraction of sp³-hybridized carbons (Fsp3) is 0.185. The standard InChI is InChI=1S/C27H25N3O3/c31-26(32)21-10-7-17-30(18-21)27-28-24(19-8-3-1-4-9-19)25(29-27)20-13-15-23(16-14-20)33-22-11-5-2-6-12-22/h1-6,8-9,11-16,21H,7,10,17-18H2,(H,28,29)(H,31,32)/t21-/m1/s1. The highest BCUT2D eigenvalue weighted by Gasteiger charge is 2.28. The second-order valence-electron chi connectivity index (χ2n) is 8.21. The Morgan fingerprint density at radius 3 is 2.27 bits per heavy atom. The van der Waals surface area contributed by atoms with E-state index >= 15 is 0 Å². The number of ether oxygens (including phenoxy) is 1. The van der Waals surface area contributed by atoms with E-state index in [-0.39, 0.29) is 5.92 Å². The van der Waals surface area contributed by atoms with Crippen LogP contribution in [-0.2, 0) is 4.79 Å². The Morgan fingerprint density at radius 2 is 1.58 bits per heavy atom. The van der Waals surface area contributed by atoms with Crippen LogP contribution in [0.4, 0.5) is 5.95 Å². The van der Waals surface area contributed by atoms with Gasteiger partial charge in [-0.3, -0.25) is 4.79 Å². The molecule has 1 aromatic heterocycles. The molecule has 3 aromatic carbocycles. The Balaban J connectivity index is 1.47. The highest BCUT2D eigenvalue weighted by Crippen LogP contribution is 2.35. The number of piperidine rings is 1. The van der Waals surface area contributed by atoms with Gasteiger partial charge in [-0.15, -0.1) is 0 Å².